The molecule has 0 saturated heterocycles. The molecule has 2 rings (SSSR count). The second kappa shape index (κ2) is 7.16. The second-order valence-corrected chi connectivity index (χ2v) is 7.71. The van der Waals surface area contributed by atoms with Gasteiger partial charge in [0.25, 0.3) is 5.91 Å². The first kappa shape index (κ1) is 20.1. The summed E-state index contributed by atoms with van der Waals surface area (Å²) in [5.41, 5.74) is -0.305. The molecule has 140 valence electrons. The van der Waals surface area contributed by atoms with E-state index in [-0.39, 0.29) is 16.9 Å². The Morgan fingerprint density at radius 3 is 2.35 bits per heavy atom. The Morgan fingerprint density at radius 2 is 1.77 bits per heavy atom. The second-order valence-electron chi connectivity index (χ2n) is 5.55. The molecule has 0 bridgehead atoms. The number of alkyl halides is 3. The quantitative estimate of drug-likeness (QED) is 0.795. The van der Waals surface area contributed by atoms with Crippen LogP contribution in [0.4, 0.5) is 24.5 Å². The Balaban J connectivity index is 2.30. The van der Waals surface area contributed by atoms with Gasteiger partial charge in [-0.1, -0.05) is 17.7 Å². The molecule has 0 atom stereocenters. The summed E-state index contributed by atoms with van der Waals surface area (Å²) in [5, 5.41) is 1.85. The maximum absolute atomic E-state index is 12.9. The minimum Gasteiger partial charge on any atom is -0.322 e. The average molecular weight is 407 g/mol. The topological polar surface area (TPSA) is 75.3 Å². The normalized spacial score (nSPS) is 11.9. The predicted molar refractivity (Wildman–Crippen MR) is 94.1 cm³/mol. The minimum atomic E-state index is -4.66. The molecule has 0 heterocycles. The molecule has 2 N–H and O–H groups in total. The molecule has 0 unspecified atom stereocenters. The van der Waals surface area contributed by atoms with E-state index in [9.17, 15) is 26.4 Å². The zero-order valence-electron chi connectivity index (χ0n) is 13.6. The number of benzene rings is 2. The number of hydrogen-bond donors (Lipinski definition) is 2. The van der Waals surface area contributed by atoms with Crippen LogP contribution in [-0.4, -0.2) is 20.6 Å². The molecule has 0 fully saturated rings. The van der Waals surface area contributed by atoms with Crippen LogP contribution < -0.4 is 10.0 Å². The summed E-state index contributed by atoms with van der Waals surface area (Å²) in [7, 11) is -3.55. The average Bonchev–Trinajstić information content (AvgIpc) is 2.49. The van der Waals surface area contributed by atoms with Crippen LogP contribution in [0.15, 0.2) is 36.4 Å². The van der Waals surface area contributed by atoms with Crippen LogP contribution in [0.5, 0.6) is 0 Å². The number of halogens is 4. The number of nitrogens with one attached hydrogen (secondary N) is 2. The molecule has 26 heavy (non-hydrogen) atoms. The molecule has 0 radical (unpaired) electrons. The van der Waals surface area contributed by atoms with Crippen molar-refractivity contribution in [3.05, 3.63) is 58.1 Å². The highest BCUT2D eigenvalue weighted by Gasteiger charge is 2.33. The Bertz CT molecular complexity index is 960. The lowest BCUT2D eigenvalue weighted by molar-refractivity contribution is -0.137. The van der Waals surface area contributed by atoms with Gasteiger partial charge in [0, 0.05) is 11.3 Å². The van der Waals surface area contributed by atoms with Crippen molar-refractivity contribution in [2.24, 2.45) is 0 Å². The number of carbonyl (C=O) groups is 1. The van der Waals surface area contributed by atoms with Crippen LogP contribution in [0.1, 0.15) is 21.5 Å². The lowest BCUT2D eigenvalue weighted by Gasteiger charge is -2.13. The van der Waals surface area contributed by atoms with Crippen LogP contribution in [0.2, 0.25) is 5.02 Å². The molecule has 0 aromatic heterocycles. The third-order valence-corrected chi connectivity index (χ3v) is 4.25. The lowest BCUT2D eigenvalue weighted by atomic mass is 10.1. The fourth-order valence-corrected chi connectivity index (χ4v) is 2.94. The zero-order chi connectivity index (χ0) is 19.7. The predicted octanol–water partition coefficient (Wildman–Crippen LogP) is 4.29. The van der Waals surface area contributed by atoms with E-state index in [1.54, 1.807) is 6.92 Å². The van der Waals surface area contributed by atoms with Gasteiger partial charge in [0.15, 0.2) is 0 Å². The van der Waals surface area contributed by atoms with E-state index in [2.05, 4.69) is 10.0 Å². The Kier molecular flexibility index (Phi) is 5.52. The van der Waals surface area contributed by atoms with E-state index in [4.69, 9.17) is 11.6 Å². The molecular formula is C16H14ClF3N2O3S. The Hall–Kier alpha value is -2.26. The van der Waals surface area contributed by atoms with Crippen LogP contribution in [0, 0.1) is 6.92 Å². The molecule has 0 saturated carbocycles. The largest absolute Gasteiger partial charge is 0.417 e. The molecule has 1 amide bonds. The van der Waals surface area contributed by atoms with Gasteiger partial charge in [-0.25, -0.2) is 8.42 Å². The SMILES string of the molecule is Cc1ccc(C(=O)Nc2ccc(Cl)c(C(F)(F)F)c2)cc1NS(C)(=O)=O. The third-order valence-electron chi connectivity index (χ3n) is 3.32. The van der Waals surface area contributed by atoms with Gasteiger partial charge in [0.1, 0.15) is 0 Å². The van der Waals surface area contributed by atoms with Gasteiger partial charge < -0.3 is 5.32 Å². The van der Waals surface area contributed by atoms with Crippen molar-refractivity contribution >= 4 is 38.9 Å². The smallest absolute Gasteiger partial charge is 0.322 e. The van der Waals surface area contributed by atoms with E-state index in [0.717, 1.165) is 18.4 Å². The number of aryl methyl sites for hydroxylation is 1. The first-order chi connectivity index (χ1) is 11.9. The number of sulfonamides is 1. The summed E-state index contributed by atoms with van der Waals surface area (Å²) in [5.74, 6) is -0.697. The summed E-state index contributed by atoms with van der Waals surface area (Å²) in [6.45, 7) is 1.64. The lowest BCUT2D eigenvalue weighted by Crippen LogP contribution is -2.15. The first-order valence-electron chi connectivity index (χ1n) is 7.13. The number of hydrogen-bond acceptors (Lipinski definition) is 3. The summed E-state index contributed by atoms with van der Waals surface area (Å²) >= 11 is 5.54. The first-order valence-corrected chi connectivity index (χ1v) is 9.40. The van der Waals surface area contributed by atoms with Crippen molar-refractivity contribution in [1.82, 2.24) is 0 Å². The van der Waals surface area contributed by atoms with Crippen molar-refractivity contribution in [2.75, 3.05) is 16.3 Å². The maximum atomic E-state index is 12.9. The fourth-order valence-electron chi connectivity index (χ4n) is 2.10. The van der Waals surface area contributed by atoms with Crippen molar-refractivity contribution in [3.8, 4) is 0 Å². The number of anilines is 2. The Labute approximate surface area is 153 Å². The van der Waals surface area contributed by atoms with Crippen molar-refractivity contribution < 1.29 is 26.4 Å². The molecular weight excluding hydrogens is 393 g/mol. The minimum absolute atomic E-state index is 0.0743. The van der Waals surface area contributed by atoms with Gasteiger partial charge in [0.2, 0.25) is 10.0 Å². The van der Waals surface area contributed by atoms with E-state index in [1.807, 2.05) is 0 Å². The molecule has 10 heteroatoms. The summed E-state index contributed by atoms with van der Waals surface area (Å²) in [4.78, 5) is 12.3. The molecule has 5 nitrogen and oxygen atoms in total. The molecule has 0 aliphatic rings. The molecule has 0 aliphatic heterocycles. The van der Waals surface area contributed by atoms with Crippen LogP contribution in [-0.2, 0) is 16.2 Å². The zero-order valence-corrected chi connectivity index (χ0v) is 15.2. The van der Waals surface area contributed by atoms with Crippen LogP contribution >= 0.6 is 11.6 Å². The van der Waals surface area contributed by atoms with Gasteiger partial charge in [0.05, 0.1) is 22.5 Å². The van der Waals surface area contributed by atoms with E-state index < -0.39 is 32.7 Å². The van der Waals surface area contributed by atoms with Crippen LogP contribution in [0.3, 0.4) is 0 Å². The van der Waals surface area contributed by atoms with E-state index in [0.29, 0.717) is 5.56 Å². The highest BCUT2D eigenvalue weighted by atomic mass is 35.5. The van der Waals surface area contributed by atoms with Gasteiger partial charge in [-0.2, -0.15) is 13.2 Å². The number of rotatable bonds is 4. The Morgan fingerprint density at radius 1 is 1.12 bits per heavy atom. The van der Waals surface area contributed by atoms with Crippen molar-refractivity contribution in [2.45, 2.75) is 13.1 Å². The molecule has 0 spiro atoms. The standard InChI is InChI=1S/C16H14ClF3N2O3S/c1-9-3-4-10(7-14(9)22-26(2,24)25)15(23)21-11-5-6-13(17)12(8-11)16(18,19)20/h3-8,22H,1-2H3,(H,21,23). The number of amides is 1. The number of carbonyl (C=O) groups excluding carboxylic acids is 1. The fraction of sp³-hybridized carbons (Fsp3) is 0.188. The van der Waals surface area contributed by atoms with Crippen molar-refractivity contribution in [1.29, 1.82) is 0 Å². The maximum Gasteiger partial charge on any atom is 0.417 e. The van der Waals surface area contributed by atoms with Gasteiger partial charge in [-0.05, 0) is 42.8 Å². The van der Waals surface area contributed by atoms with E-state index >= 15 is 0 Å². The highest BCUT2D eigenvalue weighted by Crippen LogP contribution is 2.36. The molecule has 0 aliphatic carbocycles. The van der Waals surface area contributed by atoms with Gasteiger partial charge in [-0.3, -0.25) is 9.52 Å². The molecule has 2 aromatic rings. The summed E-state index contributed by atoms with van der Waals surface area (Å²) < 4.78 is 63.6. The van der Waals surface area contributed by atoms with E-state index in [1.165, 1.54) is 24.3 Å². The summed E-state index contributed by atoms with van der Waals surface area (Å²) in [6, 6.07) is 7.24. The van der Waals surface area contributed by atoms with Gasteiger partial charge in [-0.15, -0.1) is 0 Å². The van der Waals surface area contributed by atoms with Crippen molar-refractivity contribution in [3.63, 3.8) is 0 Å². The third kappa shape index (κ3) is 5.12. The van der Waals surface area contributed by atoms with Crippen LogP contribution in [0.25, 0.3) is 0 Å². The monoisotopic (exact) mass is 406 g/mol. The summed E-state index contributed by atoms with van der Waals surface area (Å²) in [6.07, 6.45) is -3.69. The molecule has 2 aromatic carbocycles. The van der Waals surface area contributed by atoms with Gasteiger partial charge >= 0.3 is 6.18 Å². The highest BCUT2D eigenvalue weighted by molar-refractivity contribution is 7.92.